The Morgan fingerprint density at radius 2 is 2.09 bits per heavy atom. The van der Waals surface area contributed by atoms with Crippen LogP contribution in [0.1, 0.15) is 10.5 Å². The van der Waals surface area contributed by atoms with Crippen molar-refractivity contribution in [3.05, 3.63) is 18.0 Å². The number of nitrogens with one attached hydrogen (secondary N) is 1. The number of pyridine rings is 1. The molecule has 0 saturated heterocycles. The first-order valence-corrected chi connectivity index (χ1v) is 6.32. The van der Waals surface area contributed by atoms with E-state index in [9.17, 15) is 4.79 Å². The van der Waals surface area contributed by atoms with Gasteiger partial charge in [0.15, 0.2) is 19.4 Å². The van der Waals surface area contributed by atoms with Crippen LogP contribution >= 0.6 is 0 Å². The van der Waals surface area contributed by atoms with E-state index in [4.69, 9.17) is 11.5 Å². The molecule has 0 saturated carbocycles. The number of primary amides is 1. The maximum absolute atomic E-state index is 11.4. The van der Waals surface area contributed by atoms with Crippen molar-refractivity contribution in [1.29, 1.82) is 0 Å². The van der Waals surface area contributed by atoms with Crippen LogP contribution in [0.5, 0.6) is 0 Å². The van der Waals surface area contributed by atoms with E-state index in [-0.39, 0.29) is 17.5 Å². The summed E-state index contributed by atoms with van der Waals surface area (Å²) in [5.41, 5.74) is 12.3. The lowest BCUT2D eigenvalue weighted by Gasteiger charge is -2.09. The number of hydrogen-bond acceptors (Lipinski definition) is 8. The summed E-state index contributed by atoms with van der Waals surface area (Å²) >= 11 is 0. The average Bonchev–Trinajstić information content (AvgIpc) is 2.81. The number of aromatic nitrogens is 6. The number of anilines is 3. The van der Waals surface area contributed by atoms with Crippen molar-refractivity contribution in [2.45, 2.75) is 0 Å². The standard InChI is InChI=1S/C10H11B2N9O/c11-7-3-2-15-21(12)4(3)1-5(16-7)17-9-6(8(13)22)19-20-10(14)18-9/h1-2H,11-12H2,(H2,13,22)(H3,14,16,17,18,20). The smallest absolute Gasteiger partial charge is 0.273 e. The fourth-order valence-electron chi connectivity index (χ4n) is 2.08. The van der Waals surface area contributed by atoms with E-state index in [2.05, 4.69) is 30.6 Å². The first kappa shape index (κ1) is 13.8. The third kappa shape index (κ3) is 2.30. The zero-order valence-electron chi connectivity index (χ0n) is 11.9. The van der Waals surface area contributed by atoms with Gasteiger partial charge in [-0.3, -0.25) is 4.79 Å². The van der Waals surface area contributed by atoms with Gasteiger partial charge in [0.25, 0.3) is 5.91 Å². The Hall–Kier alpha value is -3.17. The van der Waals surface area contributed by atoms with E-state index in [1.807, 2.05) is 15.8 Å². The van der Waals surface area contributed by atoms with E-state index < -0.39 is 5.91 Å². The third-order valence-electron chi connectivity index (χ3n) is 3.12. The molecule has 3 heterocycles. The van der Waals surface area contributed by atoms with E-state index in [0.29, 0.717) is 5.82 Å². The maximum atomic E-state index is 11.4. The molecule has 0 aromatic carbocycles. The van der Waals surface area contributed by atoms with Gasteiger partial charge in [0, 0.05) is 17.0 Å². The van der Waals surface area contributed by atoms with E-state index >= 15 is 0 Å². The monoisotopic (exact) mass is 295 g/mol. The van der Waals surface area contributed by atoms with Crippen LogP contribution in [0.2, 0.25) is 0 Å². The summed E-state index contributed by atoms with van der Waals surface area (Å²) in [6.07, 6.45) is 1.74. The zero-order valence-corrected chi connectivity index (χ0v) is 11.9. The Morgan fingerprint density at radius 3 is 2.82 bits per heavy atom. The lowest BCUT2D eigenvalue weighted by atomic mass is 10.00. The summed E-state index contributed by atoms with van der Waals surface area (Å²) in [4.78, 5) is 19.7. The highest BCUT2D eigenvalue weighted by Gasteiger charge is 2.15. The lowest BCUT2D eigenvalue weighted by Crippen LogP contribution is -2.19. The molecule has 0 spiro atoms. The molecule has 3 rings (SSSR count). The van der Waals surface area contributed by atoms with Gasteiger partial charge in [-0.25, -0.2) is 4.98 Å². The summed E-state index contributed by atoms with van der Waals surface area (Å²) in [7, 11) is 3.68. The molecule has 0 radical (unpaired) electrons. The molecule has 22 heavy (non-hydrogen) atoms. The van der Waals surface area contributed by atoms with Crippen LogP contribution in [0.4, 0.5) is 17.6 Å². The second-order valence-electron chi connectivity index (χ2n) is 4.65. The van der Waals surface area contributed by atoms with Gasteiger partial charge in [0.05, 0.1) is 11.7 Å². The van der Waals surface area contributed by atoms with Crippen LogP contribution in [0, 0.1) is 0 Å². The van der Waals surface area contributed by atoms with Crippen molar-refractivity contribution in [1.82, 2.24) is 29.9 Å². The van der Waals surface area contributed by atoms with Crippen LogP contribution in [-0.2, 0) is 0 Å². The Bertz CT molecular complexity index is 893. The second-order valence-corrected chi connectivity index (χ2v) is 4.65. The lowest BCUT2D eigenvalue weighted by molar-refractivity contribution is 0.0995. The molecule has 108 valence electrons. The summed E-state index contributed by atoms with van der Waals surface area (Å²) < 4.78 is 1.72. The van der Waals surface area contributed by atoms with Gasteiger partial charge in [-0.2, -0.15) is 10.1 Å². The van der Waals surface area contributed by atoms with Gasteiger partial charge < -0.3 is 21.4 Å². The Kier molecular flexibility index (Phi) is 3.13. The molecule has 1 amide bonds. The molecular formula is C10H11B2N9O. The minimum absolute atomic E-state index is 0.0779. The Labute approximate surface area is 126 Å². The number of rotatable bonds is 3. The van der Waals surface area contributed by atoms with E-state index in [0.717, 1.165) is 16.5 Å². The highest BCUT2D eigenvalue weighted by atomic mass is 16.1. The summed E-state index contributed by atoms with van der Waals surface area (Å²) in [5, 5.41) is 15.2. The maximum Gasteiger partial charge on any atom is 0.273 e. The predicted molar refractivity (Wildman–Crippen MR) is 85.7 cm³/mol. The van der Waals surface area contributed by atoms with Gasteiger partial charge in [0.1, 0.15) is 5.82 Å². The number of amides is 1. The van der Waals surface area contributed by atoms with E-state index in [1.165, 1.54) is 0 Å². The molecule has 12 heteroatoms. The highest BCUT2D eigenvalue weighted by molar-refractivity contribution is 6.37. The number of carbonyl (C=O) groups is 1. The molecule has 0 unspecified atom stereocenters. The molecule has 0 fully saturated rings. The van der Waals surface area contributed by atoms with Crippen LogP contribution in [0.3, 0.4) is 0 Å². The zero-order chi connectivity index (χ0) is 15.9. The first-order chi connectivity index (χ1) is 10.5. The second kappa shape index (κ2) is 4.98. The first-order valence-electron chi connectivity index (χ1n) is 6.32. The van der Waals surface area contributed by atoms with Gasteiger partial charge in [0.2, 0.25) is 13.9 Å². The van der Waals surface area contributed by atoms with Gasteiger partial charge >= 0.3 is 0 Å². The molecule has 0 aliphatic heterocycles. The van der Waals surface area contributed by atoms with Gasteiger partial charge in [-0.1, -0.05) is 0 Å². The molecule has 0 bridgehead atoms. The molecule has 3 aromatic heterocycles. The summed E-state index contributed by atoms with van der Waals surface area (Å²) in [6, 6.07) is 1.78. The van der Waals surface area contributed by atoms with Gasteiger partial charge in [-0.15, -0.1) is 10.2 Å². The molecule has 0 atom stereocenters. The normalized spacial score (nSPS) is 10.7. The molecule has 3 aromatic rings. The van der Waals surface area contributed by atoms with Gasteiger partial charge in [-0.05, 0) is 0 Å². The van der Waals surface area contributed by atoms with Crippen LogP contribution in [0.25, 0.3) is 10.9 Å². The van der Waals surface area contributed by atoms with Crippen molar-refractivity contribution >= 4 is 55.8 Å². The molecule has 5 N–H and O–H groups in total. The minimum Gasteiger partial charge on any atom is -0.366 e. The number of nitrogen functional groups attached to an aromatic ring is 1. The molecule has 0 aliphatic carbocycles. The predicted octanol–water partition coefficient (Wildman–Crippen LogP) is -3.30. The van der Waals surface area contributed by atoms with Crippen LogP contribution < -0.4 is 22.4 Å². The minimum atomic E-state index is -0.763. The molecule has 10 nitrogen and oxygen atoms in total. The molecule has 0 aliphatic rings. The largest absolute Gasteiger partial charge is 0.366 e. The summed E-state index contributed by atoms with van der Waals surface area (Å²) in [5.74, 6) is -0.268. The van der Waals surface area contributed by atoms with Crippen molar-refractivity contribution in [2.75, 3.05) is 11.1 Å². The number of carbonyl (C=O) groups excluding carboxylic acids is 1. The Morgan fingerprint density at radius 1 is 1.32 bits per heavy atom. The fourth-order valence-corrected chi connectivity index (χ4v) is 2.08. The topological polar surface area (TPSA) is 151 Å². The number of hydrogen-bond donors (Lipinski definition) is 3. The molecular weight excluding hydrogens is 284 g/mol. The third-order valence-corrected chi connectivity index (χ3v) is 3.12. The van der Waals surface area contributed by atoms with E-state index in [1.54, 1.807) is 16.9 Å². The Balaban J connectivity index is 2.08. The number of nitrogens with zero attached hydrogens (tertiary/aromatic N) is 6. The van der Waals surface area contributed by atoms with Crippen LogP contribution in [-0.4, -0.2) is 51.6 Å². The quantitative estimate of drug-likeness (QED) is 0.425. The number of fused-ring (bicyclic) bond motifs is 1. The summed E-state index contributed by atoms with van der Waals surface area (Å²) in [6.45, 7) is 0. The van der Waals surface area contributed by atoms with Crippen LogP contribution in [0.15, 0.2) is 12.3 Å². The van der Waals surface area contributed by atoms with Crippen molar-refractivity contribution in [2.24, 2.45) is 5.73 Å². The fraction of sp³-hybridized carbons (Fsp3) is 0. The highest BCUT2D eigenvalue weighted by Crippen LogP contribution is 2.18. The average molecular weight is 295 g/mol. The van der Waals surface area contributed by atoms with Crippen molar-refractivity contribution < 1.29 is 4.79 Å². The number of nitrogens with two attached hydrogens (primary N) is 2. The van der Waals surface area contributed by atoms with Crippen molar-refractivity contribution in [3.63, 3.8) is 0 Å². The van der Waals surface area contributed by atoms with Crippen molar-refractivity contribution in [3.8, 4) is 0 Å². The SMILES string of the molecule is Bc1nc(Nc2nc(N)nnc2C(N)=O)cc2c1cnn2B.